The molecule has 0 aliphatic heterocycles. The van der Waals surface area contributed by atoms with Gasteiger partial charge in [0.2, 0.25) is 5.95 Å². The number of nitrogen functional groups attached to an aromatic ring is 1. The van der Waals surface area contributed by atoms with Crippen LogP contribution < -0.4 is 5.73 Å². The fourth-order valence-electron chi connectivity index (χ4n) is 0.794. The zero-order chi connectivity index (χ0) is 8.48. The highest BCUT2D eigenvalue weighted by molar-refractivity contribution is 7.05. The van der Waals surface area contributed by atoms with Crippen molar-refractivity contribution in [1.29, 1.82) is 0 Å². The molecule has 4 heteroatoms. The van der Waals surface area contributed by atoms with E-state index in [0.717, 1.165) is 11.4 Å². The Kier molecular flexibility index (Phi) is 2.13. The number of nitrogens with zero attached hydrogens (tertiary/aromatic N) is 2. The number of hydrogen-bond donors (Lipinski definition) is 1. The van der Waals surface area contributed by atoms with Gasteiger partial charge in [-0.1, -0.05) is 20.8 Å². The van der Waals surface area contributed by atoms with E-state index in [2.05, 4.69) is 30.1 Å². The topological polar surface area (TPSA) is 51.8 Å². The molecule has 0 fully saturated rings. The first kappa shape index (κ1) is 8.46. The lowest BCUT2D eigenvalue weighted by molar-refractivity contribution is 0.410. The zero-order valence-electron chi connectivity index (χ0n) is 7.09. The first-order valence-corrected chi connectivity index (χ1v) is 4.33. The van der Waals surface area contributed by atoms with Crippen LogP contribution in [0.15, 0.2) is 0 Å². The van der Waals surface area contributed by atoms with Crippen LogP contribution >= 0.6 is 11.5 Å². The quantitative estimate of drug-likeness (QED) is 0.699. The number of nitrogens with two attached hydrogens (primary N) is 1. The lowest BCUT2D eigenvalue weighted by Gasteiger charge is -2.14. The number of hydrogen-bond acceptors (Lipinski definition) is 4. The average molecular weight is 171 g/mol. The molecule has 0 spiro atoms. The molecule has 0 bridgehead atoms. The fourth-order valence-corrected chi connectivity index (χ4v) is 1.67. The van der Waals surface area contributed by atoms with Crippen LogP contribution in [0.5, 0.6) is 0 Å². The van der Waals surface area contributed by atoms with Crippen molar-refractivity contribution in [3.05, 3.63) is 5.01 Å². The molecule has 1 aromatic heterocycles. The van der Waals surface area contributed by atoms with E-state index in [9.17, 15) is 0 Å². The Morgan fingerprint density at radius 3 is 2.45 bits per heavy atom. The summed E-state index contributed by atoms with van der Waals surface area (Å²) < 4.78 is 3.91. The minimum Gasteiger partial charge on any atom is -0.367 e. The van der Waals surface area contributed by atoms with Crippen LogP contribution in [0.3, 0.4) is 0 Å². The first-order valence-electron chi connectivity index (χ1n) is 3.55. The lowest BCUT2D eigenvalue weighted by Crippen LogP contribution is -2.08. The SMILES string of the molecule is CC(C)(C)Cc1nc(N)ns1. The molecule has 0 amide bonds. The molecule has 0 saturated carbocycles. The van der Waals surface area contributed by atoms with Crippen LogP contribution in [0.25, 0.3) is 0 Å². The summed E-state index contributed by atoms with van der Waals surface area (Å²) in [5.41, 5.74) is 5.66. The Labute approximate surface area is 70.8 Å². The summed E-state index contributed by atoms with van der Waals surface area (Å²) in [4.78, 5) is 4.08. The molecule has 0 saturated heterocycles. The Morgan fingerprint density at radius 2 is 2.09 bits per heavy atom. The van der Waals surface area contributed by atoms with E-state index in [-0.39, 0.29) is 5.41 Å². The van der Waals surface area contributed by atoms with Gasteiger partial charge < -0.3 is 5.73 Å². The number of rotatable bonds is 1. The first-order chi connectivity index (χ1) is 4.97. The lowest BCUT2D eigenvalue weighted by atomic mass is 9.93. The van der Waals surface area contributed by atoms with Crippen molar-refractivity contribution < 1.29 is 0 Å². The highest BCUT2D eigenvalue weighted by Gasteiger charge is 2.13. The second-order valence-corrected chi connectivity index (χ2v) is 4.62. The van der Waals surface area contributed by atoms with Crippen LogP contribution in [-0.4, -0.2) is 9.36 Å². The maximum Gasteiger partial charge on any atom is 0.232 e. The second kappa shape index (κ2) is 2.77. The van der Waals surface area contributed by atoms with E-state index in [1.165, 1.54) is 11.5 Å². The summed E-state index contributed by atoms with van der Waals surface area (Å²) in [7, 11) is 0. The summed E-state index contributed by atoms with van der Waals surface area (Å²) in [6, 6.07) is 0. The van der Waals surface area contributed by atoms with E-state index in [1.807, 2.05) is 0 Å². The molecular formula is C7H13N3S. The maximum atomic E-state index is 5.39. The smallest absolute Gasteiger partial charge is 0.232 e. The number of aromatic nitrogens is 2. The van der Waals surface area contributed by atoms with Crippen molar-refractivity contribution in [3.63, 3.8) is 0 Å². The Hall–Kier alpha value is -0.640. The van der Waals surface area contributed by atoms with E-state index >= 15 is 0 Å². The largest absolute Gasteiger partial charge is 0.367 e. The predicted octanol–water partition coefficient (Wildman–Crippen LogP) is 1.71. The van der Waals surface area contributed by atoms with Crippen molar-refractivity contribution in [1.82, 2.24) is 9.36 Å². The number of anilines is 1. The minimum atomic E-state index is 0.270. The van der Waals surface area contributed by atoms with Gasteiger partial charge in [0.1, 0.15) is 5.01 Å². The molecular weight excluding hydrogens is 158 g/mol. The highest BCUT2D eigenvalue weighted by Crippen LogP contribution is 2.21. The van der Waals surface area contributed by atoms with Gasteiger partial charge in [0, 0.05) is 6.42 Å². The van der Waals surface area contributed by atoms with Crippen LogP contribution in [0.2, 0.25) is 0 Å². The van der Waals surface area contributed by atoms with Gasteiger partial charge in [-0.2, -0.15) is 4.37 Å². The van der Waals surface area contributed by atoms with Gasteiger partial charge >= 0.3 is 0 Å². The van der Waals surface area contributed by atoms with Gasteiger partial charge in [0.25, 0.3) is 0 Å². The molecule has 62 valence electrons. The third-order valence-corrected chi connectivity index (χ3v) is 1.89. The summed E-state index contributed by atoms with van der Waals surface area (Å²) in [5.74, 6) is 0.397. The van der Waals surface area contributed by atoms with Crippen LogP contribution in [-0.2, 0) is 6.42 Å². The van der Waals surface area contributed by atoms with E-state index in [4.69, 9.17) is 5.73 Å². The van der Waals surface area contributed by atoms with Gasteiger partial charge in [-0.05, 0) is 16.9 Å². The summed E-state index contributed by atoms with van der Waals surface area (Å²) in [6.45, 7) is 6.51. The van der Waals surface area contributed by atoms with Crippen molar-refractivity contribution in [3.8, 4) is 0 Å². The molecule has 1 heterocycles. The molecule has 0 aromatic carbocycles. The molecule has 1 aromatic rings. The molecule has 11 heavy (non-hydrogen) atoms. The van der Waals surface area contributed by atoms with Gasteiger partial charge in [-0.25, -0.2) is 4.98 Å². The van der Waals surface area contributed by atoms with Crippen LogP contribution in [0.4, 0.5) is 5.95 Å². The fraction of sp³-hybridized carbons (Fsp3) is 0.714. The zero-order valence-corrected chi connectivity index (χ0v) is 7.90. The normalized spacial score (nSPS) is 11.9. The van der Waals surface area contributed by atoms with Gasteiger partial charge in [-0.15, -0.1) is 0 Å². The monoisotopic (exact) mass is 171 g/mol. The van der Waals surface area contributed by atoms with E-state index in [0.29, 0.717) is 5.95 Å². The predicted molar refractivity (Wildman–Crippen MR) is 47.5 cm³/mol. The standard InChI is InChI=1S/C7H13N3S/c1-7(2,3)4-5-9-6(8)10-11-5/h4H2,1-3H3,(H2,8,10). The molecule has 0 aliphatic carbocycles. The van der Waals surface area contributed by atoms with Crippen molar-refractivity contribution >= 4 is 17.5 Å². The van der Waals surface area contributed by atoms with E-state index in [1.54, 1.807) is 0 Å². The third kappa shape index (κ3) is 2.84. The maximum absolute atomic E-state index is 5.39. The molecule has 1 rings (SSSR count). The Morgan fingerprint density at radius 1 is 1.45 bits per heavy atom. The molecule has 3 nitrogen and oxygen atoms in total. The van der Waals surface area contributed by atoms with Crippen molar-refractivity contribution in [2.45, 2.75) is 27.2 Å². The summed E-state index contributed by atoms with van der Waals surface area (Å²) >= 11 is 1.39. The highest BCUT2D eigenvalue weighted by atomic mass is 32.1. The van der Waals surface area contributed by atoms with Gasteiger partial charge in [-0.3, -0.25) is 0 Å². The van der Waals surface area contributed by atoms with E-state index < -0.39 is 0 Å². The Bertz CT molecular complexity index is 236. The van der Waals surface area contributed by atoms with Crippen LogP contribution in [0.1, 0.15) is 25.8 Å². The van der Waals surface area contributed by atoms with Crippen molar-refractivity contribution in [2.75, 3.05) is 5.73 Å². The van der Waals surface area contributed by atoms with Crippen LogP contribution in [0, 0.1) is 5.41 Å². The molecule has 0 unspecified atom stereocenters. The molecule has 0 aliphatic rings. The minimum absolute atomic E-state index is 0.270. The van der Waals surface area contributed by atoms with Crippen molar-refractivity contribution in [2.24, 2.45) is 5.41 Å². The molecule has 2 N–H and O–H groups in total. The molecule has 0 atom stereocenters. The van der Waals surface area contributed by atoms with Gasteiger partial charge in [0.05, 0.1) is 0 Å². The second-order valence-electron chi connectivity index (χ2n) is 3.78. The van der Waals surface area contributed by atoms with Gasteiger partial charge in [0.15, 0.2) is 0 Å². The Balaban J connectivity index is 2.65. The summed E-state index contributed by atoms with van der Waals surface area (Å²) in [6.07, 6.45) is 0.946. The summed E-state index contributed by atoms with van der Waals surface area (Å²) in [5, 5.41) is 1.02. The molecule has 0 radical (unpaired) electrons. The average Bonchev–Trinajstić information content (AvgIpc) is 2.10. The third-order valence-electron chi connectivity index (χ3n) is 1.17.